The fourth-order valence-corrected chi connectivity index (χ4v) is 2.64. The Kier molecular flexibility index (Phi) is 5.98. The standard InChI is InChI=1S/C12H14ClNO6S/c13-8-1-2-9(12(16)17)10(7-8)20-4-6-21(18,19)5-3-11(14)15/h1-2,7H,3-6H2,(H2,14,15)(H,16,17). The van der Waals surface area contributed by atoms with Gasteiger partial charge in [-0.25, -0.2) is 13.2 Å². The van der Waals surface area contributed by atoms with Gasteiger partial charge in [-0.1, -0.05) is 11.6 Å². The Morgan fingerprint density at radius 3 is 2.52 bits per heavy atom. The monoisotopic (exact) mass is 335 g/mol. The third-order valence-electron chi connectivity index (χ3n) is 2.49. The zero-order valence-electron chi connectivity index (χ0n) is 10.9. The van der Waals surface area contributed by atoms with E-state index in [2.05, 4.69) is 0 Å². The molecule has 0 unspecified atom stereocenters. The Bertz CT molecular complexity index is 643. The van der Waals surface area contributed by atoms with E-state index in [1.807, 2.05) is 0 Å². The third kappa shape index (κ3) is 6.01. The van der Waals surface area contributed by atoms with Gasteiger partial charge in [-0.05, 0) is 18.2 Å². The number of benzene rings is 1. The normalized spacial score (nSPS) is 11.1. The highest BCUT2D eigenvalue weighted by molar-refractivity contribution is 7.91. The van der Waals surface area contributed by atoms with E-state index in [0.29, 0.717) is 0 Å². The number of carboxylic acid groups (broad SMARTS) is 1. The Morgan fingerprint density at radius 2 is 1.95 bits per heavy atom. The van der Waals surface area contributed by atoms with Crippen molar-refractivity contribution >= 4 is 33.3 Å². The predicted octanol–water partition coefficient (Wildman–Crippen LogP) is 0.707. The van der Waals surface area contributed by atoms with Crippen molar-refractivity contribution in [3.63, 3.8) is 0 Å². The summed E-state index contributed by atoms with van der Waals surface area (Å²) >= 11 is 5.73. The number of carboxylic acids is 1. The number of rotatable bonds is 8. The van der Waals surface area contributed by atoms with Gasteiger partial charge in [-0.15, -0.1) is 0 Å². The summed E-state index contributed by atoms with van der Waals surface area (Å²) in [5.74, 6) is -2.65. The smallest absolute Gasteiger partial charge is 0.339 e. The van der Waals surface area contributed by atoms with Crippen LogP contribution in [0.15, 0.2) is 18.2 Å². The van der Waals surface area contributed by atoms with Gasteiger partial charge in [0.2, 0.25) is 5.91 Å². The topological polar surface area (TPSA) is 124 Å². The van der Waals surface area contributed by atoms with Crippen molar-refractivity contribution in [2.75, 3.05) is 18.1 Å². The van der Waals surface area contributed by atoms with Crippen LogP contribution in [-0.2, 0) is 14.6 Å². The van der Waals surface area contributed by atoms with Gasteiger partial charge in [-0.3, -0.25) is 4.79 Å². The van der Waals surface area contributed by atoms with E-state index in [-0.39, 0.29) is 40.9 Å². The molecule has 0 aliphatic rings. The minimum atomic E-state index is -3.50. The number of primary amides is 1. The van der Waals surface area contributed by atoms with E-state index in [4.69, 9.17) is 27.2 Å². The Labute approximate surface area is 126 Å². The number of ether oxygens (including phenoxy) is 1. The predicted molar refractivity (Wildman–Crippen MR) is 76.4 cm³/mol. The van der Waals surface area contributed by atoms with Crippen molar-refractivity contribution in [2.45, 2.75) is 6.42 Å². The van der Waals surface area contributed by atoms with Crippen LogP contribution in [0.1, 0.15) is 16.8 Å². The molecule has 0 bridgehead atoms. The van der Waals surface area contributed by atoms with E-state index < -0.39 is 21.7 Å². The maximum Gasteiger partial charge on any atom is 0.339 e. The zero-order valence-corrected chi connectivity index (χ0v) is 12.5. The number of carbonyl (C=O) groups excluding carboxylic acids is 1. The Balaban J connectivity index is 2.66. The van der Waals surface area contributed by atoms with Gasteiger partial charge in [-0.2, -0.15) is 0 Å². The van der Waals surface area contributed by atoms with Gasteiger partial charge >= 0.3 is 5.97 Å². The lowest BCUT2D eigenvalue weighted by Gasteiger charge is -2.09. The van der Waals surface area contributed by atoms with E-state index >= 15 is 0 Å². The summed E-state index contributed by atoms with van der Waals surface area (Å²) in [6.45, 7) is -0.248. The lowest BCUT2D eigenvalue weighted by Crippen LogP contribution is -2.22. The van der Waals surface area contributed by atoms with Crippen LogP contribution in [0.2, 0.25) is 5.02 Å². The van der Waals surface area contributed by atoms with Gasteiger partial charge in [0.1, 0.15) is 17.9 Å². The van der Waals surface area contributed by atoms with E-state index in [0.717, 1.165) is 0 Å². The molecule has 9 heteroatoms. The quantitative estimate of drug-likeness (QED) is 0.721. The summed E-state index contributed by atoms with van der Waals surface area (Å²) in [6, 6.07) is 3.95. The lowest BCUT2D eigenvalue weighted by molar-refractivity contribution is -0.117. The van der Waals surface area contributed by atoms with Gasteiger partial charge in [0.25, 0.3) is 0 Å². The molecular formula is C12H14ClNO6S. The van der Waals surface area contributed by atoms with E-state index in [1.165, 1.54) is 18.2 Å². The minimum absolute atomic E-state index is 0.0138. The highest BCUT2D eigenvalue weighted by atomic mass is 35.5. The molecule has 7 nitrogen and oxygen atoms in total. The second kappa shape index (κ2) is 7.28. The molecule has 0 aliphatic heterocycles. The molecule has 0 saturated carbocycles. The molecule has 0 saturated heterocycles. The summed E-state index contributed by atoms with van der Waals surface area (Å²) in [5, 5.41) is 9.24. The van der Waals surface area contributed by atoms with Crippen molar-refractivity contribution in [1.82, 2.24) is 0 Å². The first-order chi connectivity index (χ1) is 9.71. The average molecular weight is 336 g/mol. The Morgan fingerprint density at radius 1 is 1.29 bits per heavy atom. The maximum absolute atomic E-state index is 11.6. The number of hydrogen-bond donors (Lipinski definition) is 2. The van der Waals surface area contributed by atoms with Crippen molar-refractivity contribution < 1.29 is 27.9 Å². The van der Waals surface area contributed by atoms with Gasteiger partial charge in [0.15, 0.2) is 9.84 Å². The molecule has 1 aromatic rings. The fraction of sp³-hybridized carbons (Fsp3) is 0.333. The van der Waals surface area contributed by atoms with Crippen LogP contribution in [0, 0.1) is 0 Å². The Hall–Kier alpha value is -1.80. The van der Waals surface area contributed by atoms with Crippen LogP contribution < -0.4 is 10.5 Å². The first-order valence-electron chi connectivity index (χ1n) is 5.85. The molecule has 0 fully saturated rings. The fourth-order valence-electron chi connectivity index (χ4n) is 1.43. The average Bonchev–Trinajstić information content (AvgIpc) is 2.36. The van der Waals surface area contributed by atoms with Crippen LogP contribution in [0.5, 0.6) is 5.75 Å². The maximum atomic E-state index is 11.6. The number of nitrogens with two attached hydrogens (primary N) is 1. The largest absolute Gasteiger partial charge is 0.492 e. The zero-order chi connectivity index (χ0) is 16.0. The number of sulfone groups is 1. The molecule has 1 amide bonds. The lowest BCUT2D eigenvalue weighted by atomic mass is 10.2. The van der Waals surface area contributed by atoms with Crippen LogP contribution in [0.25, 0.3) is 0 Å². The van der Waals surface area contributed by atoms with Crippen molar-refractivity contribution in [1.29, 1.82) is 0 Å². The van der Waals surface area contributed by atoms with E-state index in [9.17, 15) is 18.0 Å². The SMILES string of the molecule is NC(=O)CCS(=O)(=O)CCOc1cc(Cl)ccc1C(=O)O. The highest BCUT2D eigenvalue weighted by Gasteiger charge is 2.15. The summed E-state index contributed by atoms with van der Waals surface area (Å²) in [4.78, 5) is 21.5. The van der Waals surface area contributed by atoms with Crippen molar-refractivity contribution in [3.05, 3.63) is 28.8 Å². The summed E-state index contributed by atoms with van der Waals surface area (Å²) in [5.41, 5.74) is 4.76. The van der Waals surface area contributed by atoms with Crippen molar-refractivity contribution in [2.24, 2.45) is 5.73 Å². The molecule has 0 aliphatic carbocycles. The second-order valence-electron chi connectivity index (χ2n) is 4.16. The minimum Gasteiger partial charge on any atom is -0.492 e. The molecule has 3 N–H and O–H groups in total. The number of aromatic carboxylic acids is 1. The second-order valence-corrected chi connectivity index (χ2v) is 6.90. The number of halogens is 1. The molecule has 21 heavy (non-hydrogen) atoms. The summed E-state index contributed by atoms with van der Waals surface area (Å²) in [7, 11) is -3.50. The van der Waals surface area contributed by atoms with Crippen LogP contribution in [-0.4, -0.2) is 43.5 Å². The molecule has 0 spiro atoms. The molecule has 0 radical (unpaired) electrons. The van der Waals surface area contributed by atoms with Crippen LogP contribution in [0.3, 0.4) is 0 Å². The molecule has 0 heterocycles. The summed E-state index contributed by atoms with van der Waals surface area (Å²) < 4.78 is 28.3. The van der Waals surface area contributed by atoms with Gasteiger partial charge < -0.3 is 15.6 Å². The number of carbonyl (C=O) groups is 2. The van der Waals surface area contributed by atoms with Crippen LogP contribution >= 0.6 is 11.6 Å². The first-order valence-corrected chi connectivity index (χ1v) is 8.05. The van der Waals surface area contributed by atoms with Crippen LogP contribution in [0.4, 0.5) is 0 Å². The molecule has 1 rings (SSSR count). The number of amides is 1. The molecule has 1 aromatic carbocycles. The molecule has 116 valence electrons. The molecule has 0 atom stereocenters. The van der Waals surface area contributed by atoms with E-state index in [1.54, 1.807) is 0 Å². The number of hydrogen-bond acceptors (Lipinski definition) is 5. The third-order valence-corrected chi connectivity index (χ3v) is 4.34. The highest BCUT2D eigenvalue weighted by Crippen LogP contribution is 2.23. The first kappa shape index (κ1) is 17.3. The van der Waals surface area contributed by atoms with Crippen molar-refractivity contribution in [3.8, 4) is 5.75 Å². The van der Waals surface area contributed by atoms with Gasteiger partial charge in [0, 0.05) is 11.4 Å². The molecular weight excluding hydrogens is 322 g/mol. The summed E-state index contributed by atoms with van der Waals surface area (Å²) in [6.07, 6.45) is -0.264. The van der Waals surface area contributed by atoms with Gasteiger partial charge in [0.05, 0.1) is 11.5 Å². The molecule has 0 aromatic heterocycles.